The number of nitrogens with one attached hydrogen (secondary N) is 4. The summed E-state index contributed by atoms with van der Waals surface area (Å²) in [5, 5.41) is 12.1. The first-order valence-electron chi connectivity index (χ1n) is 9.57. The van der Waals surface area contributed by atoms with Gasteiger partial charge in [0.1, 0.15) is 5.69 Å². The zero-order valence-corrected chi connectivity index (χ0v) is 16.7. The van der Waals surface area contributed by atoms with E-state index < -0.39 is 10.9 Å². The zero-order valence-electron chi connectivity index (χ0n) is 15.8. The van der Waals surface area contributed by atoms with Crippen LogP contribution in [0.5, 0.6) is 5.75 Å². The van der Waals surface area contributed by atoms with E-state index in [9.17, 15) is 19.2 Å². The lowest BCUT2D eigenvalue weighted by molar-refractivity contribution is -0.121. The molecule has 9 nitrogen and oxygen atoms in total. The number of hydrogen-bond acceptors (Lipinski definition) is 7. The number of urea groups is 1. The Labute approximate surface area is 167 Å². The van der Waals surface area contributed by atoms with E-state index in [1.54, 1.807) is 0 Å². The van der Waals surface area contributed by atoms with Crippen molar-refractivity contribution in [1.29, 1.82) is 0 Å². The average molecular weight is 410 g/mol. The molecular formula is C18H26N4O5S. The van der Waals surface area contributed by atoms with Crippen molar-refractivity contribution >= 4 is 29.4 Å². The first-order chi connectivity index (χ1) is 13.5. The fraction of sp³-hybridized carbons (Fsp3) is 0.667. The largest absolute Gasteiger partial charge is 0.491 e. The van der Waals surface area contributed by atoms with Crippen LogP contribution in [-0.4, -0.2) is 55.2 Å². The molecule has 2 saturated heterocycles. The first-order valence-corrected chi connectivity index (χ1v) is 10.6. The Kier molecular flexibility index (Phi) is 6.82. The molecule has 3 amide bonds. The molecule has 0 aromatic heterocycles. The summed E-state index contributed by atoms with van der Waals surface area (Å²) in [5.41, 5.74) is -0.934. The van der Waals surface area contributed by atoms with Crippen LogP contribution >= 0.6 is 11.8 Å². The van der Waals surface area contributed by atoms with Crippen LogP contribution in [0.1, 0.15) is 32.1 Å². The van der Waals surface area contributed by atoms with Gasteiger partial charge in [0.15, 0.2) is 5.75 Å². The maximum absolute atomic E-state index is 11.9. The Bertz CT molecular complexity index is 791. The van der Waals surface area contributed by atoms with E-state index in [1.807, 2.05) is 11.8 Å². The van der Waals surface area contributed by atoms with Gasteiger partial charge >= 0.3 is 6.03 Å². The second-order valence-corrected chi connectivity index (χ2v) is 8.34. The molecule has 3 rings (SSSR count). The number of thioether (sulfide) groups is 1. The van der Waals surface area contributed by atoms with Gasteiger partial charge in [-0.3, -0.25) is 14.4 Å². The lowest BCUT2D eigenvalue weighted by atomic mass is 10.0. The molecule has 2 aliphatic heterocycles. The Morgan fingerprint density at radius 1 is 1.14 bits per heavy atom. The molecule has 0 bridgehead atoms. The molecule has 0 saturated carbocycles. The average Bonchev–Trinajstić information content (AvgIpc) is 3.22. The molecule has 28 heavy (non-hydrogen) atoms. The van der Waals surface area contributed by atoms with Crippen molar-refractivity contribution in [3.63, 3.8) is 0 Å². The second kappa shape index (κ2) is 9.31. The predicted molar refractivity (Wildman–Crippen MR) is 108 cm³/mol. The van der Waals surface area contributed by atoms with Gasteiger partial charge in [-0.05, 0) is 19.3 Å². The van der Waals surface area contributed by atoms with Crippen LogP contribution in [0, 0.1) is 0 Å². The summed E-state index contributed by atoms with van der Waals surface area (Å²) in [5.74, 6) is 1.04. The van der Waals surface area contributed by atoms with Crippen molar-refractivity contribution < 1.29 is 14.3 Å². The minimum Gasteiger partial charge on any atom is -0.491 e. The number of carbonyl (C=O) groups is 2. The van der Waals surface area contributed by atoms with E-state index in [2.05, 4.69) is 21.3 Å². The van der Waals surface area contributed by atoms with Gasteiger partial charge in [-0.25, -0.2) is 4.79 Å². The van der Waals surface area contributed by atoms with Crippen LogP contribution in [0.15, 0.2) is 9.59 Å². The van der Waals surface area contributed by atoms with Gasteiger partial charge in [0.05, 0.1) is 19.2 Å². The third-order valence-electron chi connectivity index (χ3n) is 5.13. The summed E-state index contributed by atoms with van der Waals surface area (Å²) in [6.45, 7) is 0.978. The van der Waals surface area contributed by atoms with Gasteiger partial charge in [0.2, 0.25) is 5.91 Å². The highest BCUT2D eigenvalue weighted by molar-refractivity contribution is 8.00. The normalized spacial score (nSPS) is 23.2. The maximum atomic E-state index is 11.9. The number of carbonyl (C=O) groups excluding carboxylic acids is 2. The number of unbranched alkanes of at least 4 members (excludes halogenated alkanes) is 1. The van der Waals surface area contributed by atoms with Crippen molar-refractivity contribution in [2.24, 2.45) is 0 Å². The second-order valence-electron chi connectivity index (χ2n) is 7.06. The SMILES string of the molecule is COc1c(NCCCNC(=O)CCCC[C@H]2SC[C@H]3NC(=O)N[C@H]32)c(=O)c1=O. The van der Waals surface area contributed by atoms with Gasteiger partial charge in [0.25, 0.3) is 10.9 Å². The summed E-state index contributed by atoms with van der Waals surface area (Å²) in [4.78, 5) is 45.8. The van der Waals surface area contributed by atoms with E-state index in [-0.39, 0.29) is 35.5 Å². The van der Waals surface area contributed by atoms with Gasteiger partial charge in [0, 0.05) is 30.5 Å². The number of rotatable bonds is 11. The third kappa shape index (κ3) is 4.60. The Morgan fingerprint density at radius 3 is 2.75 bits per heavy atom. The topological polar surface area (TPSA) is 126 Å². The molecule has 10 heteroatoms. The minimum atomic E-state index is -0.601. The quantitative estimate of drug-likeness (QED) is 0.229. The molecule has 2 aliphatic rings. The molecule has 3 atom stereocenters. The lowest BCUT2D eigenvalue weighted by Crippen LogP contribution is -2.36. The van der Waals surface area contributed by atoms with Crippen molar-refractivity contribution in [3.05, 3.63) is 20.4 Å². The number of ether oxygens (including phenoxy) is 1. The summed E-state index contributed by atoms with van der Waals surface area (Å²) in [7, 11) is 1.35. The molecule has 0 radical (unpaired) electrons. The number of amides is 3. The zero-order chi connectivity index (χ0) is 20.1. The van der Waals surface area contributed by atoms with Crippen LogP contribution in [0.3, 0.4) is 0 Å². The molecule has 1 aromatic carbocycles. The van der Waals surface area contributed by atoms with Crippen LogP contribution < -0.4 is 36.9 Å². The standard InChI is InChI=1S/C18H26N4O5S/c1-27-17-14(15(24)16(17)25)20-8-4-7-19-12(23)6-3-2-5-11-13-10(9-28-11)21-18(26)22-13/h10-11,13,20H,2-9H2,1H3,(H,19,23)(H2,21,22,26)/t10-,11-,13-/m1/s1. The molecule has 4 N–H and O–H groups in total. The molecule has 154 valence electrons. The molecule has 0 unspecified atom stereocenters. The van der Waals surface area contributed by atoms with E-state index in [0.717, 1.165) is 25.0 Å². The van der Waals surface area contributed by atoms with Gasteiger partial charge in [-0.2, -0.15) is 11.8 Å². The monoisotopic (exact) mass is 410 g/mol. The van der Waals surface area contributed by atoms with E-state index in [0.29, 0.717) is 31.2 Å². The predicted octanol–water partition coefficient (Wildman–Crippen LogP) is -0.0648. The fourth-order valence-electron chi connectivity index (χ4n) is 3.62. The number of anilines is 1. The lowest BCUT2D eigenvalue weighted by Gasteiger charge is -2.16. The number of hydrogen-bond donors (Lipinski definition) is 4. The Hall–Kier alpha value is -2.23. The molecular weight excluding hydrogens is 384 g/mol. The summed E-state index contributed by atoms with van der Waals surface area (Å²) < 4.78 is 4.85. The van der Waals surface area contributed by atoms with E-state index >= 15 is 0 Å². The number of fused-ring (bicyclic) bond motifs is 1. The van der Waals surface area contributed by atoms with Gasteiger partial charge in [-0.15, -0.1) is 0 Å². The van der Waals surface area contributed by atoms with E-state index in [4.69, 9.17) is 4.74 Å². The van der Waals surface area contributed by atoms with Crippen molar-refractivity contribution in [2.75, 3.05) is 31.3 Å². The maximum Gasteiger partial charge on any atom is 0.315 e. The van der Waals surface area contributed by atoms with Crippen LogP contribution in [0.2, 0.25) is 0 Å². The molecule has 0 aliphatic carbocycles. The Morgan fingerprint density at radius 2 is 1.96 bits per heavy atom. The Balaban J connectivity index is 1.22. The summed E-state index contributed by atoms with van der Waals surface area (Å²) >= 11 is 1.88. The number of methoxy groups -OCH3 is 1. The minimum absolute atomic E-state index is 0.0134. The van der Waals surface area contributed by atoms with E-state index in [1.165, 1.54) is 7.11 Å². The highest BCUT2D eigenvalue weighted by Crippen LogP contribution is 2.33. The third-order valence-corrected chi connectivity index (χ3v) is 6.64. The highest BCUT2D eigenvalue weighted by atomic mass is 32.2. The molecule has 2 heterocycles. The molecule has 2 fully saturated rings. The van der Waals surface area contributed by atoms with Crippen LogP contribution in [0.4, 0.5) is 10.5 Å². The van der Waals surface area contributed by atoms with Crippen molar-refractivity contribution in [1.82, 2.24) is 16.0 Å². The van der Waals surface area contributed by atoms with Crippen LogP contribution in [-0.2, 0) is 4.79 Å². The summed E-state index contributed by atoms with van der Waals surface area (Å²) in [6.07, 6.45) is 3.89. The summed E-state index contributed by atoms with van der Waals surface area (Å²) in [6, 6.07) is 0.381. The van der Waals surface area contributed by atoms with Crippen LogP contribution in [0.25, 0.3) is 0 Å². The van der Waals surface area contributed by atoms with Gasteiger partial charge < -0.3 is 26.0 Å². The molecule has 0 spiro atoms. The van der Waals surface area contributed by atoms with Gasteiger partial charge in [-0.1, -0.05) is 6.42 Å². The van der Waals surface area contributed by atoms with Crippen molar-refractivity contribution in [3.8, 4) is 5.75 Å². The smallest absolute Gasteiger partial charge is 0.315 e. The molecule has 1 aromatic rings. The first kappa shape index (κ1) is 20.5. The van der Waals surface area contributed by atoms with Crippen molar-refractivity contribution in [2.45, 2.75) is 49.4 Å². The highest BCUT2D eigenvalue weighted by Gasteiger charge is 2.42. The fourth-order valence-corrected chi connectivity index (χ4v) is 5.16.